The summed E-state index contributed by atoms with van der Waals surface area (Å²) in [6, 6.07) is 12.7. The average molecular weight is 474 g/mol. The van der Waals surface area contributed by atoms with Crippen LogP contribution in [0.4, 0.5) is 11.4 Å². The van der Waals surface area contributed by atoms with E-state index in [9.17, 15) is 14.4 Å². The minimum Gasteiger partial charge on any atom is -0.342 e. The molecule has 1 N–H and O–H groups in total. The summed E-state index contributed by atoms with van der Waals surface area (Å²) in [6.07, 6.45) is 1.40. The Morgan fingerprint density at radius 1 is 0.969 bits per heavy atom. The van der Waals surface area contributed by atoms with Gasteiger partial charge in [-0.2, -0.15) is 0 Å². The predicted molar refractivity (Wildman–Crippen MR) is 126 cm³/mol. The lowest BCUT2D eigenvalue weighted by molar-refractivity contribution is -0.138. The second-order valence-corrected chi connectivity index (χ2v) is 9.27. The minimum absolute atomic E-state index is 0.00342. The van der Waals surface area contributed by atoms with Gasteiger partial charge in [-0.3, -0.25) is 14.4 Å². The number of hydrogen-bond donors (Lipinski definition) is 1. The number of aryl methyl sites for hydroxylation is 1. The summed E-state index contributed by atoms with van der Waals surface area (Å²) < 4.78 is 0. The molecule has 8 heteroatoms. The van der Waals surface area contributed by atoms with E-state index in [1.165, 1.54) is 0 Å². The summed E-state index contributed by atoms with van der Waals surface area (Å²) >= 11 is 11.9. The number of hydrogen-bond acceptors (Lipinski definition) is 3. The van der Waals surface area contributed by atoms with Crippen molar-refractivity contribution in [2.75, 3.05) is 29.9 Å². The third kappa shape index (κ3) is 4.92. The molecule has 32 heavy (non-hydrogen) atoms. The van der Waals surface area contributed by atoms with Crippen molar-refractivity contribution in [1.29, 1.82) is 0 Å². The van der Waals surface area contributed by atoms with Crippen molar-refractivity contribution in [2.24, 2.45) is 11.8 Å². The zero-order chi connectivity index (χ0) is 22.8. The maximum Gasteiger partial charge on any atom is 0.228 e. The monoisotopic (exact) mass is 473 g/mol. The average Bonchev–Trinajstić information content (AvgIpc) is 3.18. The molecule has 168 valence electrons. The largest absolute Gasteiger partial charge is 0.342 e. The topological polar surface area (TPSA) is 69.7 Å². The van der Waals surface area contributed by atoms with Gasteiger partial charge in [0, 0.05) is 43.3 Å². The fraction of sp³-hybridized carbons (Fsp3) is 0.375. The molecule has 0 aromatic heterocycles. The van der Waals surface area contributed by atoms with Crippen LogP contribution in [0.25, 0.3) is 0 Å². The van der Waals surface area contributed by atoms with E-state index in [0.717, 1.165) is 11.3 Å². The van der Waals surface area contributed by atoms with Crippen LogP contribution in [0.1, 0.15) is 24.8 Å². The molecule has 1 atom stereocenters. The first kappa shape index (κ1) is 22.6. The van der Waals surface area contributed by atoms with E-state index in [-0.39, 0.29) is 36.0 Å². The first-order valence-electron chi connectivity index (χ1n) is 10.7. The predicted octanol–water partition coefficient (Wildman–Crippen LogP) is 4.53. The normalized spacial score (nSPS) is 19.3. The van der Waals surface area contributed by atoms with E-state index in [2.05, 4.69) is 5.32 Å². The molecule has 1 unspecified atom stereocenters. The molecule has 0 aliphatic carbocycles. The number of carbonyl (C=O) groups is 3. The van der Waals surface area contributed by atoms with Crippen molar-refractivity contribution in [1.82, 2.24) is 4.90 Å². The summed E-state index contributed by atoms with van der Waals surface area (Å²) in [7, 11) is 0. The number of rotatable bonds is 4. The van der Waals surface area contributed by atoms with Gasteiger partial charge in [0.25, 0.3) is 0 Å². The molecule has 4 rings (SSSR count). The number of benzene rings is 2. The molecule has 0 bridgehead atoms. The molecule has 0 spiro atoms. The standard InChI is InChI=1S/C24H25Cl2N3O3/c1-15-2-5-19(6-3-15)29-14-17(12-22(29)30)24(32)28-10-8-16(9-11-28)23(31)27-18-4-7-20(25)21(26)13-18/h2-7,13,16-17H,8-12,14H2,1H3,(H,27,31). The van der Waals surface area contributed by atoms with Crippen LogP contribution in [-0.4, -0.2) is 42.3 Å². The first-order chi connectivity index (χ1) is 15.3. The van der Waals surface area contributed by atoms with Gasteiger partial charge < -0.3 is 15.1 Å². The van der Waals surface area contributed by atoms with Crippen LogP contribution in [0.5, 0.6) is 0 Å². The Balaban J connectivity index is 1.30. The molecule has 3 amide bonds. The second-order valence-electron chi connectivity index (χ2n) is 8.46. The fourth-order valence-corrected chi connectivity index (χ4v) is 4.58. The molecule has 2 aromatic carbocycles. The summed E-state index contributed by atoms with van der Waals surface area (Å²) in [4.78, 5) is 41.6. The summed E-state index contributed by atoms with van der Waals surface area (Å²) in [5.74, 6) is -0.635. The highest BCUT2D eigenvalue weighted by atomic mass is 35.5. The van der Waals surface area contributed by atoms with Crippen LogP contribution in [0.15, 0.2) is 42.5 Å². The number of halogens is 2. The molecule has 2 aliphatic heterocycles. The van der Waals surface area contributed by atoms with Gasteiger partial charge in [-0.05, 0) is 50.1 Å². The van der Waals surface area contributed by atoms with Crippen LogP contribution in [-0.2, 0) is 14.4 Å². The molecule has 2 heterocycles. The van der Waals surface area contributed by atoms with Gasteiger partial charge in [0.1, 0.15) is 0 Å². The molecule has 6 nitrogen and oxygen atoms in total. The minimum atomic E-state index is -0.342. The van der Waals surface area contributed by atoms with Crippen molar-refractivity contribution in [3.8, 4) is 0 Å². The molecular weight excluding hydrogens is 449 g/mol. The van der Waals surface area contributed by atoms with Crippen LogP contribution >= 0.6 is 23.2 Å². The van der Waals surface area contributed by atoms with E-state index in [1.54, 1.807) is 28.0 Å². The molecule has 2 aliphatic rings. The zero-order valence-electron chi connectivity index (χ0n) is 17.8. The molecule has 2 fully saturated rings. The lowest BCUT2D eigenvalue weighted by atomic mass is 9.94. The van der Waals surface area contributed by atoms with E-state index in [0.29, 0.717) is 48.2 Å². The lowest BCUT2D eigenvalue weighted by Crippen LogP contribution is -2.44. The molecule has 2 aromatic rings. The van der Waals surface area contributed by atoms with Gasteiger partial charge in [0.15, 0.2) is 0 Å². The van der Waals surface area contributed by atoms with Crippen LogP contribution < -0.4 is 10.2 Å². The van der Waals surface area contributed by atoms with E-state index in [1.807, 2.05) is 31.2 Å². The van der Waals surface area contributed by atoms with Crippen molar-refractivity contribution in [2.45, 2.75) is 26.2 Å². The Hall–Kier alpha value is -2.57. The summed E-state index contributed by atoms with van der Waals surface area (Å²) in [5, 5.41) is 3.69. The Labute approximate surface area is 197 Å². The number of piperidine rings is 1. The van der Waals surface area contributed by atoms with Crippen molar-refractivity contribution in [3.63, 3.8) is 0 Å². The Bertz CT molecular complexity index is 1030. The highest BCUT2D eigenvalue weighted by Crippen LogP contribution is 2.29. The van der Waals surface area contributed by atoms with Gasteiger partial charge in [0.2, 0.25) is 17.7 Å². The van der Waals surface area contributed by atoms with Crippen LogP contribution in [0.3, 0.4) is 0 Å². The number of likely N-dealkylation sites (tertiary alicyclic amines) is 1. The summed E-state index contributed by atoms with van der Waals surface area (Å²) in [5.41, 5.74) is 2.55. The van der Waals surface area contributed by atoms with E-state index < -0.39 is 0 Å². The van der Waals surface area contributed by atoms with Crippen LogP contribution in [0, 0.1) is 18.8 Å². The fourth-order valence-electron chi connectivity index (χ4n) is 4.29. The lowest BCUT2D eigenvalue weighted by Gasteiger charge is -2.33. The molecule has 0 saturated carbocycles. The van der Waals surface area contributed by atoms with Gasteiger partial charge in [-0.25, -0.2) is 0 Å². The second kappa shape index (κ2) is 9.51. The molecule has 2 saturated heterocycles. The number of nitrogens with one attached hydrogen (secondary N) is 1. The number of carbonyl (C=O) groups excluding carboxylic acids is 3. The zero-order valence-corrected chi connectivity index (χ0v) is 19.3. The maximum absolute atomic E-state index is 13.0. The first-order valence-corrected chi connectivity index (χ1v) is 11.5. The smallest absolute Gasteiger partial charge is 0.228 e. The highest BCUT2D eigenvalue weighted by Gasteiger charge is 2.38. The Morgan fingerprint density at radius 3 is 2.31 bits per heavy atom. The molecular formula is C24H25Cl2N3O3. The van der Waals surface area contributed by atoms with Crippen molar-refractivity contribution >= 4 is 52.3 Å². The number of anilines is 2. The summed E-state index contributed by atoms with van der Waals surface area (Å²) in [6.45, 7) is 3.41. The number of nitrogens with zero attached hydrogens (tertiary/aromatic N) is 2. The van der Waals surface area contributed by atoms with Crippen LogP contribution in [0.2, 0.25) is 10.0 Å². The Morgan fingerprint density at radius 2 is 1.66 bits per heavy atom. The van der Waals surface area contributed by atoms with Crippen molar-refractivity contribution in [3.05, 3.63) is 58.1 Å². The quantitative estimate of drug-likeness (QED) is 0.708. The third-order valence-electron chi connectivity index (χ3n) is 6.18. The maximum atomic E-state index is 13.0. The van der Waals surface area contributed by atoms with E-state index in [4.69, 9.17) is 23.2 Å². The molecule has 0 radical (unpaired) electrons. The van der Waals surface area contributed by atoms with E-state index >= 15 is 0 Å². The van der Waals surface area contributed by atoms with Gasteiger partial charge in [-0.15, -0.1) is 0 Å². The van der Waals surface area contributed by atoms with Gasteiger partial charge >= 0.3 is 0 Å². The SMILES string of the molecule is Cc1ccc(N2CC(C(=O)N3CCC(C(=O)Nc4ccc(Cl)c(Cl)c4)CC3)CC2=O)cc1. The van der Waals surface area contributed by atoms with Crippen molar-refractivity contribution < 1.29 is 14.4 Å². The van der Waals surface area contributed by atoms with Gasteiger partial charge in [0.05, 0.1) is 16.0 Å². The Kier molecular flexibility index (Phi) is 6.72. The third-order valence-corrected chi connectivity index (χ3v) is 6.92. The highest BCUT2D eigenvalue weighted by molar-refractivity contribution is 6.42. The van der Waals surface area contributed by atoms with Gasteiger partial charge in [-0.1, -0.05) is 40.9 Å². The number of amides is 3.